The zero-order valence-electron chi connectivity index (χ0n) is 8.11. The van der Waals surface area contributed by atoms with E-state index in [0.29, 0.717) is 19.0 Å². The van der Waals surface area contributed by atoms with Crippen molar-refractivity contribution >= 4 is 21.7 Å². The summed E-state index contributed by atoms with van der Waals surface area (Å²) in [5.41, 5.74) is 0.0610. The Labute approximate surface area is 95.5 Å². The van der Waals surface area contributed by atoms with Crippen molar-refractivity contribution in [1.29, 1.82) is 5.41 Å². The zero-order valence-corrected chi connectivity index (χ0v) is 9.70. The second-order valence-corrected chi connectivity index (χ2v) is 4.24. The van der Waals surface area contributed by atoms with Crippen LogP contribution in [0.4, 0.5) is 5.82 Å². The third-order valence-electron chi connectivity index (χ3n) is 2.32. The molecule has 2 heterocycles. The molecule has 0 saturated carbocycles. The minimum atomic E-state index is 0.0610. The van der Waals surface area contributed by atoms with Gasteiger partial charge in [-0.3, -0.25) is 5.41 Å². The predicted molar refractivity (Wildman–Crippen MR) is 58.2 cm³/mol. The van der Waals surface area contributed by atoms with E-state index in [1.807, 2.05) is 4.90 Å². The van der Waals surface area contributed by atoms with Gasteiger partial charge in [-0.05, 0) is 12.1 Å². The summed E-state index contributed by atoms with van der Waals surface area (Å²) in [7, 11) is 0. The van der Waals surface area contributed by atoms with Gasteiger partial charge in [0.15, 0.2) is 5.49 Å². The van der Waals surface area contributed by atoms with E-state index in [0.717, 1.165) is 22.3 Å². The maximum atomic E-state index is 9.70. The molecule has 1 aromatic rings. The second-order valence-electron chi connectivity index (χ2n) is 3.33. The molecule has 0 bridgehead atoms. The summed E-state index contributed by atoms with van der Waals surface area (Å²) in [5.74, 6) is 0.623. The lowest BCUT2D eigenvalue weighted by molar-refractivity contribution is 0.116. The summed E-state index contributed by atoms with van der Waals surface area (Å²) in [5, 5.41) is 17.2. The Hall–Kier alpha value is -1.01. The normalized spacial score (nSPS) is 16.7. The molecule has 2 N–H and O–H groups in total. The fourth-order valence-corrected chi connectivity index (χ4v) is 1.98. The molecule has 0 amide bonds. The predicted octanol–water partition coefficient (Wildman–Crippen LogP) is 0.804. The van der Waals surface area contributed by atoms with Crippen LogP contribution >= 0.6 is 15.9 Å². The van der Waals surface area contributed by atoms with E-state index >= 15 is 0 Å². The number of anilines is 1. The van der Waals surface area contributed by atoms with Gasteiger partial charge in [-0.15, -0.1) is 0 Å². The van der Waals surface area contributed by atoms with E-state index in [4.69, 9.17) is 10.1 Å². The lowest BCUT2D eigenvalue weighted by atomic mass is 10.3. The number of hydrogen-bond donors (Lipinski definition) is 2. The van der Waals surface area contributed by atoms with Crippen molar-refractivity contribution in [2.75, 3.05) is 31.2 Å². The molecule has 0 aliphatic carbocycles. The lowest BCUT2D eigenvalue weighted by Crippen LogP contribution is -2.39. The molecule has 0 unspecified atom stereocenters. The van der Waals surface area contributed by atoms with Gasteiger partial charge < -0.3 is 14.8 Å². The van der Waals surface area contributed by atoms with Crippen LogP contribution in [0.3, 0.4) is 0 Å². The summed E-state index contributed by atoms with van der Waals surface area (Å²) < 4.78 is 6.91. The second kappa shape index (κ2) is 4.24. The van der Waals surface area contributed by atoms with E-state index in [1.54, 1.807) is 12.1 Å². The number of halogens is 1. The van der Waals surface area contributed by atoms with Crippen LogP contribution in [0.25, 0.3) is 0 Å². The van der Waals surface area contributed by atoms with Crippen LogP contribution in [0.15, 0.2) is 16.6 Å². The zero-order chi connectivity index (χ0) is 10.8. The first kappa shape index (κ1) is 10.5. The largest absolute Gasteiger partial charge is 0.425 e. The van der Waals surface area contributed by atoms with Gasteiger partial charge in [-0.1, -0.05) is 15.9 Å². The summed E-state index contributed by atoms with van der Waals surface area (Å²) >= 11 is 3.31. The molecular formula is C9H12BrN3O2. The highest BCUT2D eigenvalue weighted by atomic mass is 79.9. The highest BCUT2D eigenvalue weighted by Gasteiger charge is 2.15. The molecule has 0 radical (unpaired) electrons. The number of nitrogens with zero attached hydrogens (tertiary/aromatic N) is 2. The fraction of sp³-hybridized carbons (Fsp3) is 0.444. The van der Waals surface area contributed by atoms with Crippen LogP contribution < -0.4 is 10.4 Å². The smallest absolute Gasteiger partial charge is 0.164 e. The Morgan fingerprint density at radius 3 is 2.67 bits per heavy atom. The summed E-state index contributed by atoms with van der Waals surface area (Å²) in [4.78, 5) is 1.99. The third-order valence-corrected chi connectivity index (χ3v) is 2.78. The van der Waals surface area contributed by atoms with Crippen LogP contribution in [-0.2, 0) is 4.74 Å². The number of ether oxygens (including phenoxy) is 1. The number of morpholine rings is 1. The maximum absolute atomic E-state index is 9.70. The fourth-order valence-electron chi connectivity index (χ4n) is 1.56. The van der Waals surface area contributed by atoms with Crippen molar-refractivity contribution in [3.05, 3.63) is 22.1 Å². The number of rotatable bonds is 1. The molecule has 82 valence electrons. The van der Waals surface area contributed by atoms with Gasteiger partial charge >= 0.3 is 0 Å². The SMILES string of the molecule is N=c1cc(Br)cc(N2CCOCC2)n1O. The molecule has 6 heteroatoms. The van der Waals surface area contributed by atoms with Gasteiger partial charge in [0.1, 0.15) is 5.82 Å². The average molecular weight is 274 g/mol. The molecule has 5 nitrogen and oxygen atoms in total. The molecule has 15 heavy (non-hydrogen) atoms. The molecule has 0 atom stereocenters. The standard InChI is InChI=1S/C9H12BrN3O2/c10-7-5-8(11)13(14)9(6-7)12-1-3-15-4-2-12/h5-6,11,14H,1-4H2. The molecule has 1 aliphatic rings. The van der Waals surface area contributed by atoms with Gasteiger partial charge in [-0.25, -0.2) is 0 Å². The van der Waals surface area contributed by atoms with Gasteiger partial charge in [0.2, 0.25) is 0 Å². The Morgan fingerprint density at radius 2 is 2.00 bits per heavy atom. The number of nitrogens with one attached hydrogen (secondary N) is 1. The molecule has 1 aromatic heterocycles. The quantitative estimate of drug-likeness (QED) is 0.745. The summed E-state index contributed by atoms with van der Waals surface area (Å²) in [6, 6.07) is 3.34. The summed E-state index contributed by atoms with van der Waals surface area (Å²) in [6.07, 6.45) is 0. The molecule has 1 fully saturated rings. The van der Waals surface area contributed by atoms with Gasteiger partial charge in [0.25, 0.3) is 0 Å². The summed E-state index contributed by atoms with van der Waals surface area (Å²) in [6.45, 7) is 2.77. The van der Waals surface area contributed by atoms with Gasteiger partial charge in [0.05, 0.1) is 13.2 Å². The highest BCUT2D eigenvalue weighted by molar-refractivity contribution is 9.10. The molecular weight excluding hydrogens is 262 g/mol. The third kappa shape index (κ3) is 2.15. The first-order valence-electron chi connectivity index (χ1n) is 4.67. The van der Waals surface area contributed by atoms with Crippen molar-refractivity contribution in [2.24, 2.45) is 0 Å². The van der Waals surface area contributed by atoms with Gasteiger partial charge in [0, 0.05) is 17.6 Å². The minimum Gasteiger partial charge on any atom is -0.425 e. The number of pyridine rings is 1. The van der Waals surface area contributed by atoms with Crippen LogP contribution in [0, 0.1) is 5.41 Å². The van der Waals surface area contributed by atoms with Crippen molar-refractivity contribution in [3.63, 3.8) is 0 Å². The molecule has 2 rings (SSSR count). The van der Waals surface area contributed by atoms with E-state index in [9.17, 15) is 5.21 Å². The monoisotopic (exact) mass is 273 g/mol. The van der Waals surface area contributed by atoms with Crippen molar-refractivity contribution in [1.82, 2.24) is 4.73 Å². The van der Waals surface area contributed by atoms with Crippen LogP contribution in [0.2, 0.25) is 0 Å². The minimum absolute atomic E-state index is 0.0610. The molecule has 1 aliphatic heterocycles. The Morgan fingerprint density at radius 1 is 1.33 bits per heavy atom. The average Bonchev–Trinajstić information content (AvgIpc) is 2.24. The van der Waals surface area contributed by atoms with Gasteiger partial charge in [-0.2, -0.15) is 4.73 Å². The van der Waals surface area contributed by atoms with Crippen molar-refractivity contribution in [2.45, 2.75) is 0 Å². The van der Waals surface area contributed by atoms with Crippen LogP contribution in [0.5, 0.6) is 0 Å². The van der Waals surface area contributed by atoms with Crippen LogP contribution in [0.1, 0.15) is 0 Å². The molecule has 1 saturated heterocycles. The maximum Gasteiger partial charge on any atom is 0.164 e. The Kier molecular flexibility index (Phi) is 2.97. The van der Waals surface area contributed by atoms with E-state index in [1.165, 1.54) is 0 Å². The number of aromatic nitrogens is 1. The van der Waals surface area contributed by atoms with Crippen molar-refractivity contribution < 1.29 is 9.94 Å². The number of hydrogen-bond acceptors (Lipinski definition) is 4. The first-order valence-corrected chi connectivity index (χ1v) is 5.47. The highest BCUT2D eigenvalue weighted by Crippen LogP contribution is 2.17. The van der Waals surface area contributed by atoms with Crippen LogP contribution in [-0.4, -0.2) is 36.2 Å². The Balaban J connectivity index is 2.37. The van der Waals surface area contributed by atoms with E-state index in [2.05, 4.69) is 15.9 Å². The first-order chi connectivity index (χ1) is 7.18. The van der Waals surface area contributed by atoms with Crippen molar-refractivity contribution in [3.8, 4) is 0 Å². The van der Waals surface area contributed by atoms with E-state index in [-0.39, 0.29) is 5.49 Å². The Bertz CT molecular complexity index is 412. The lowest BCUT2D eigenvalue weighted by Gasteiger charge is -2.29. The molecule has 0 aromatic carbocycles. The molecule has 0 spiro atoms. The van der Waals surface area contributed by atoms with E-state index < -0.39 is 0 Å². The topological polar surface area (TPSA) is 61.5 Å².